The molecule has 8 nitrogen and oxygen atoms in total. The molecular formula is C25H34ClN3O5S. The van der Waals surface area contributed by atoms with Gasteiger partial charge in [0.05, 0.1) is 19.1 Å². The summed E-state index contributed by atoms with van der Waals surface area (Å²) >= 11 is 6.12. The molecule has 0 spiro atoms. The highest BCUT2D eigenvalue weighted by atomic mass is 35.5. The summed E-state index contributed by atoms with van der Waals surface area (Å²) in [5.41, 5.74) is 0.454. The predicted octanol–water partition coefficient (Wildman–Crippen LogP) is 3.84. The summed E-state index contributed by atoms with van der Waals surface area (Å²) in [4.78, 5) is 28.3. The zero-order valence-electron chi connectivity index (χ0n) is 21.0. The minimum Gasteiger partial charge on any atom is -0.495 e. The first kappa shape index (κ1) is 28.5. The van der Waals surface area contributed by atoms with Crippen molar-refractivity contribution in [3.8, 4) is 5.75 Å². The Kier molecular flexibility index (Phi) is 9.57. The minimum absolute atomic E-state index is 0.139. The average molecular weight is 524 g/mol. The van der Waals surface area contributed by atoms with Crippen molar-refractivity contribution in [1.82, 2.24) is 10.2 Å². The van der Waals surface area contributed by atoms with E-state index in [4.69, 9.17) is 16.3 Å². The maximum Gasteiger partial charge on any atom is 0.244 e. The van der Waals surface area contributed by atoms with Crippen molar-refractivity contribution in [2.24, 2.45) is 0 Å². The molecule has 35 heavy (non-hydrogen) atoms. The van der Waals surface area contributed by atoms with Gasteiger partial charge in [-0.05, 0) is 51.0 Å². The van der Waals surface area contributed by atoms with Gasteiger partial charge < -0.3 is 15.0 Å². The Morgan fingerprint density at radius 2 is 1.74 bits per heavy atom. The van der Waals surface area contributed by atoms with Gasteiger partial charge in [-0.15, -0.1) is 0 Å². The maximum absolute atomic E-state index is 13.7. The lowest BCUT2D eigenvalue weighted by atomic mass is 10.1. The third-order valence-corrected chi connectivity index (χ3v) is 6.53. The summed E-state index contributed by atoms with van der Waals surface area (Å²) in [6.45, 7) is 7.00. The van der Waals surface area contributed by atoms with Gasteiger partial charge in [0.1, 0.15) is 18.3 Å². The van der Waals surface area contributed by atoms with Crippen LogP contribution < -0.4 is 14.4 Å². The summed E-state index contributed by atoms with van der Waals surface area (Å²) in [5.74, 6) is -0.590. The molecule has 0 fully saturated rings. The van der Waals surface area contributed by atoms with E-state index in [9.17, 15) is 18.0 Å². The lowest BCUT2D eigenvalue weighted by Gasteiger charge is -2.34. The fourth-order valence-electron chi connectivity index (χ4n) is 3.61. The Bertz CT molecular complexity index is 1130. The first-order valence-corrected chi connectivity index (χ1v) is 13.5. The Morgan fingerprint density at radius 3 is 2.26 bits per heavy atom. The number of rotatable bonds is 10. The molecule has 0 heterocycles. The maximum atomic E-state index is 13.7. The number of anilines is 1. The fourth-order valence-corrected chi connectivity index (χ4v) is 4.62. The molecule has 0 radical (unpaired) electrons. The van der Waals surface area contributed by atoms with E-state index in [0.29, 0.717) is 11.4 Å². The SMILES string of the molecule is CC[C@H](C(=O)NC(C)(C)C)N(Cc1ccccc1)C(=O)CN(c1cc(Cl)ccc1OC)S(C)(=O)=O. The molecule has 2 amide bonds. The number of benzene rings is 2. The Labute approximate surface area is 213 Å². The molecule has 2 aromatic carbocycles. The number of carbonyl (C=O) groups is 2. The average Bonchev–Trinajstić information content (AvgIpc) is 2.75. The quantitative estimate of drug-likeness (QED) is 0.510. The molecular weight excluding hydrogens is 490 g/mol. The van der Waals surface area contributed by atoms with Crippen molar-refractivity contribution in [2.75, 3.05) is 24.2 Å². The van der Waals surface area contributed by atoms with Crippen LogP contribution in [0.1, 0.15) is 39.7 Å². The number of nitrogens with zero attached hydrogens (tertiary/aromatic N) is 2. The van der Waals surface area contributed by atoms with Crippen molar-refractivity contribution >= 4 is 39.1 Å². The molecule has 0 unspecified atom stereocenters. The van der Waals surface area contributed by atoms with Crippen LogP contribution in [0.15, 0.2) is 48.5 Å². The van der Waals surface area contributed by atoms with Crippen LogP contribution >= 0.6 is 11.6 Å². The van der Waals surface area contributed by atoms with Crippen molar-refractivity contribution in [1.29, 1.82) is 0 Å². The first-order chi connectivity index (χ1) is 16.3. The van der Waals surface area contributed by atoms with Crippen LogP contribution in [-0.2, 0) is 26.2 Å². The van der Waals surface area contributed by atoms with Crippen LogP contribution in [0.3, 0.4) is 0 Å². The second kappa shape index (κ2) is 11.8. The van der Waals surface area contributed by atoms with Crippen molar-refractivity contribution in [2.45, 2.75) is 52.2 Å². The van der Waals surface area contributed by atoms with Gasteiger partial charge in [-0.25, -0.2) is 8.42 Å². The molecule has 2 aromatic rings. The molecule has 192 valence electrons. The Hall–Kier alpha value is -2.78. The smallest absolute Gasteiger partial charge is 0.244 e. The summed E-state index contributed by atoms with van der Waals surface area (Å²) in [6, 6.07) is 13.0. The minimum atomic E-state index is -3.90. The molecule has 1 N–H and O–H groups in total. The van der Waals surface area contributed by atoms with Crippen LogP contribution in [0.25, 0.3) is 0 Å². The number of sulfonamides is 1. The molecule has 0 aliphatic heterocycles. The van der Waals surface area contributed by atoms with Crippen LogP contribution in [-0.4, -0.2) is 56.6 Å². The lowest BCUT2D eigenvalue weighted by Crippen LogP contribution is -2.55. The zero-order chi connectivity index (χ0) is 26.4. The van der Waals surface area contributed by atoms with E-state index >= 15 is 0 Å². The highest BCUT2D eigenvalue weighted by Gasteiger charge is 2.33. The summed E-state index contributed by atoms with van der Waals surface area (Å²) in [5, 5.41) is 3.22. The highest BCUT2D eigenvalue weighted by molar-refractivity contribution is 7.92. The summed E-state index contributed by atoms with van der Waals surface area (Å²) in [6.07, 6.45) is 1.35. The standard InChI is InChI=1S/C25H34ClN3O5S/c1-7-20(24(31)27-25(2,3)4)28(16-18-11-9-8-10-12-18)23(30)17-29(35(6,32)33)21-15-19(26)13-14-22(21)34-5/h8-15,20H,7,16-17H2,1-6H3,(H,27,31)/t20-/m1/s1. The third kappa shape index (κ3) is 8.14. The third-order valence-electron chi connectivity index (χ3n) is 5.17. The molecule has 0 aliphatic carbocycles. The van der Waals surface area contributed by atoms with Crippen LogP contribution in [0.5, 0.6) is 5.75 Å². The number of methoxy groups -OCH3 is 1. The zero-order valence-corrected chi connectivity index (χ0v) is 22.6. The number of halogens is 1. The van der Waals surface area contributed by atoms with Crippen molar-refractivity contribution in [3.05, 3.63) is 59.1 Å². The normalized spacial score (nSPS) is 12.5. The van der Waals surface area contributed by atoms with E-state index in [2.05, 4.69) is 5.32 Å². The van der Waals surface area contributed by atoms with Gasteiger partial charge in [0.15, 0.2) is 0 Å². The molecule has 0 bridgehead atoms. The molecule has 0 saturated heterocycles. The van der Waals surface area contributed by atoms with Gasteiger partial charge >= 0.3 is 0 Å². The Morgan fingerprint density at radius 1 is 1.11 bits per heavy atom. The number of amides is 2. The number of nitrogens with one attached hydrogen (secondary N) is 1. The molecule has 1 atom stereocenters. The number of ether oxygens (including phenoxy) is 1. The van der Waals surface area contributed by atoms with Crippen LogP contribution in [0.4, 0.5) is 5.69 Å². The van der Waals surface area contributed by atoms with Gasteiger partial charge in [-0.1, -0.05) is 48.9 Å². The van der Waals surface area contributed by atoms with Gasteiger partial charge in [0.25, 0.3) is 0 Å². The van der Waals surface area contributed by atoms with Gasteiger partial charge in [0.2, 0.25) is 21.8 Å². The fraction of sp³-hybridized carbons (Fsp3) is 0.440. The Balaban J connectivity index is 2.50. The van der Waals surface area contributed by atoms with E-state index in [1.54, 1.807) is 6.07 Å². The van der Waals surface area contributed by atoms with Crippen molar-refractivity contribution < 1.29 is 22.7 Å². The van der Waals surface area contributed by atoms with E-state index < -0.39 is 34.1 Å². The van der Waals surface area contributed by atoms with E-state index in [-0.39, 0.29) is 23.9 Å². The molecule has 10 heteroatoms. The lowest BCUT2D eigenvalue weighted by molar-refractivity contribution is -0.141. The number of hydrogen-bond donors (Lipinski definition) is 1. The second-order valence-electron chi connectivity index (χ2n) is 9.26. The monoisotopic (exact) mass is 523 g/mol. The highest BCUT2D eigenvalue weighted by Crippen LogP contribution is 2.33. The first-order valence-electron chi connectivity index (χ1n) is 11.2. The van der Waals surface area contributed by atoms with E-state index in [1.165, 1.54) is 24.1 Å². The van der Waals surface area contributed by atoms with Gasteiger partial charge in [-0.2, -0.15) is 0 Å². The van der Waals surface area contributed by atoms with Crippen molar-refractivity contribution in [3.63, 3.8) is 0 Å². The van der Waals surface area contributed by atoms with E-state index in [1.807, 2.05) is 58.0 Å². The molecule has 2 rings (SSSR count). The van der Waals surface area contributed by atoms with Gasteiger partial charge in [-0.3, -0.25) is 13.9 Å². The molecule has 0 saturated carbocycles. The van der Waals surface area contributed by atoms with Crippen LogP contribution in [0, 0.1) is 0 Å². The summed E-state index contributed by atoms with van der Waals surface area (Å²) in [7, 11) is -2.50. The molecule has 0 aliphatic rings. The second-order valence-corrected chi connectivity index (χ2v) is 11.6. The number of hydrogen-bond acceptors (Lipinski definition) is 5. The largest absolute Gasteiger partial charge is 0.495 e. The van der Waals surface area contributed by atoms with Gasteiger partial charge in [0, 0.05) is 17.1 Å². The molecule has 0 aromatic heterocycles. The topological polar surface area (TPSA) is 96.0 Å². The van der Waals surface area contributed by atoms with Crippen LogP contribution in [0.2, 0.25) is 5.02 Å². The predicted molar refractivity (Wildman–Crippen MR) is 139 cm³/mol. The number of carbonyl (C=O) groups excluding carboxylic acids is 2. The summed E-state index contributed by atoms with van der Waals surface area (Å²) < 4.78 is 31.8. The van der Waals surface area contributed by atoms with E-state index in [0.717, 1.165) is 16.1 Å².